The van der Waals surface area contributed by atoms with Crippen molar-refractivity contribution in [2.75, 3.05) is 13.2 Å². The number of pyridine rings is 1. The number of carbonyl (C=O) groups is 1. The maximum Gasteiger partial charge on any atom is 0.407 e. The Bertz CT molecular complexity index is 963. The van der Waals surface area contributed by atoms with Crippen LogP contribution < -0.4 is 5.32 Å². The van der Waals surface area contributed by atoms with Crippen molar-refractivity contribution in [2.24, 2.45) is 0 Å². The summed E-state index contributed by atoms with van der Waals surface area (Å²) >= 11 is 3.34. The minimum absolute atomic E-state index is 0.00161. The van der Waals surface area contributed by atoms with Crippen LogP contribution in [-0.2, 0) is 4.74 Å². The highest BCUT2D eigenvalue weighted by molar-refractivity contribution is 9.10. The number of aliphatic hydroxyl groups is 1. The zero-order valence-electron chi connectivity index (χ0n) is 15.0. The van der Waals surface area contributed by atoms with Crippen LogP contribution in [0.2, 0.25) is 0 Å². The molecule has 0 aliphatic heterocycles. The third kappa shape index (κ3) is 3.66. The van der Waals surface area contributed by atoms with Crippen molar-refractivity contribution in [3.05, 3.63) is 88.2 Å². The van der Waals surface area contributed by atoms with Gasteiger partial charge in [0.25, 0.3) is 0 Å². The van der Waals surface area contributed by atoms with Crippen LogP contribution in [0.15, 0.2) is 71.5 Å². The third-order valence-electron chi connectivity index (χ3n) is 4.95. The number of benzene rings is 2. The second-order valence-electron chi connectivity index (χ2n) is 6.64. The number of rotatable bonds is 5. The zero-order valence-corrected chi connectivity index (χ0v) is 16.6. The van der Waals surface area contributed by atoms with Crippen molar-refractivity contribution in [1.82, 2.24) is 10.3 Å². The van der Waals surface area contributed by atoms with E-state index in [0.29, 0.717) is 5.56 Å². The normalized spacial score (nSPS) is 13.5. The Morgan fingerprint density at radius 3 is 2.36 bits per heavy atom. The Hall–Kier alpha value is -2.70. The first-order valence-electron chi connectivity index (χ1n) is 9.00. The molecule has 0 bridgehead atoms. The molecule has 1 amide bonds. The SMILES string of the molecule is O=C(N[C@H](CO)c1cncc(Br)c1)OCC1c2ccccc2-c2ccccc21. The van der Waals surface area contributed by atoms with Gasteiger partial charge in [-0.3, -0.25) is 4.98 Å². The number of fused-ring (bicyclic) bond motifs is 3. The zero-order chi connectivity index (χ0) is 19.5. The summed E-state index contributed by atoms with van der Waals surface area (Å²) < 4.78 is 6.31. The summed E-state index contributed by atoms with van der Waals surface area (Å²) in [6.45, 7) is -0.0168. The Morgan fingerprint density at radius 1 is 1.11 bits per heavy atom. The van der Waals surface area contributed by atoms with Gasteiger partial charge in [-0.2, -0.15) is 0 Å². The van der Waals surface area contributed by atoms with Crippen molar-refractivity contribution in [2.45, 2.75) is 12.0 Å². The van der Waals surface area contributed by atoms with E-state index >= 15 is 0 Å². The number of nitrogens with one attached hydrogen (secondary N) is 1. The summed E-state index contributed by atoms with van der Waals surface area (Å²) in [4.78, 5) is 16.4. The number of hydrogen-bond acceptors (Lipinski definition) is 4. The molecule has 4 rings (SSSR count). The van der Waals surface area contributed by atoms with E-state index in [0.717, 1.165) is 15.6 Å². The van der Waals surface area contributed by atoms with E-state index in [4.69, 9.17) is 4.74 Å². The van der Waals surface area contributed by atoms with Gasteiger partial charge in [-0.1, -0.05) is 48.5 Å². The van der Waals surface area contributed by atoms with Gasteiger partial charge in [0.15, 0.2) is 0 Å². The lowest BCUT2D eigenvalue weighted by molar-refractivity contribution is 0.132. The molecule has 0 radical (unpaired) electrons. The second kappa shape index (κ2) is 8.12. The van der Waals surface area contributed by atoms with E-state index < -0.39 is 12.1 Å². The quantitative estimate of drug-likeness (QED) is 0.618. The van der Waals surface area contributed by atoms with Gasteiger partial charge in [-0.15, -0.1) is 0 Å². The van der Waals surface area contributed by atoms with Crippen molar-refractivity contribution in [1.29, 1.82) is 0 Å². The Labute approximate surface area is 171 Å². The molecule has 0 saturated carbocycles. The Balaban J connectivity index is 1.46. The van der Waals surface area contributed by atoms with Gasteiger partial charge < -0.3 is 15.2 Å². The Morgan fingerprint density at radius 2 is 1.75 bits per heavy atom. The molecule has 2 aromatic carbocycles. The van der Waals surface area contributed by atoms with E-state index in [2.05, 4.69) is 50.5 Å². The topological polar surface area (TPSA) is 71.5 Å². The average molecular weight is 439 g/mol. The summed E-state index contributed by atoms with van der Waals surface area (Å²) in [6.07, 6.45) is 2.68. The summed E-state index contributed by atoms with van der Waals surface area (Å²) in [5.41, 5.74) is 5.38. The van der Waals surface area contributed by atoms with Gasteiger partial charge in [0, 0.05) is 22.8 Å². The van der Waals surface area contributed by atoms with Crippen molar-refractivity contribution in [3.8, 4) is 11.1 Å². The molecule has 0 unspecified atom stereocenters. The molecule has 2 N–H and O–H groups in total. The number of nitrogens with zero attached hydrogens (tertiary/aromatic N) is 1. The standard InChI is InChI=1S/C22H19BrN2O3/c23-15-9-14(10-24-11-15)21(12-26)25-22(27)28-13-20-18-7-3-1-5-16(18)17-6-2-4-8-19(17)20/h1-11,20-21,26H,12-13H2,(H,25,27)/t21-/m1/s1. The minimum Gasteiger partial charge on any atom is -0.449 e. The molecule has 6 heteroatoms. The molecule has 1 aliphatic rings. The van der Waals surface area contributed by atoms with Gasteiger partial charge in [0.05, 0.1) is 12.6 Å². The molecule has 1 aliphatic carbocycles. The fourth-order valence-electron chi connectivity index (χ4n) is 3.64. The number of amides is 1. The van der Waals surface area contributed by atoms with E-state index in [-0.39, 0.29) is 19.1 Å². The predicted octanol–water partition coefficient (Wildman–Crippen LogP) is 4.42. The van der Waals surface area contributed by atoms with Gasteiger partial charge in [0.1, 0.15) is 6.61 Å². The summed E-state index contributed by atoms with van der Waals surface area (Å²) in [6, 6.07) is 17.6. The molecule has 1 atom stereocenters. The van der Waals surface area contributed by atoms with Crippen molar-refractivity contribution in [3.63, 3.8) is 0 Å². The number of aliphatic hydroxyl groups excluding tert-OH is 1. The summed E-state index contributed by atoms with van der Waals surface area (Å²) in [5, 5.41) is 12.4. The molecule has 28 heavy (non-hydrogen) atoms. The Kier molecular flexibility index (Phi) is 5.41. The van der Waals surface area contributed by atoms with Crippen LogP contribution in [0.5, 0.6) is 0 Å². The van der Waals surface area contributed by atoms with Gasteiger partial charge in [-0.05, 0) is 49.8 Å². The molecular formula is C22H19BrN2O3. The number of carbonyl (C=O) groups excluding carboxylic acids is 1. The average Bonchev–Trinajstić information content (AvgIpc) is 3.04. The molecule has 3 aromatic rings. The van der Waals surface area contributed by atoms with E-state index in [1.807, 2.05) is 24.3 Å². The maximum atomic E-state index is 12.4. The maximum absolute atomic E-state index is 12.4. The van der Waals surface area contributed by atoms with E-state index in [9.17, 15) is 9.90 Å². The number of hydrogen-bond donors (Lipinski definition) is 2. The molecule has 0 saturated heterocycles. The molecule has 142 valence electrons. The summed E-state index contributed by atoms with van der Waals surface area (Å²) in [5.74, 6) is -0.00161. The van der Waals surface area contributed by atoms with E-state index in [1.54, 1.807) is 18.5 Å². The predicted molar refractivity (Wildman–Crippen MR) is 110 cm³/mol. The van der Waals surface area contributed by atoms with Gasteiger partial charge in [-0.25, -0.2) is 4.79 Å². The highest BCUT2D eigenvalue weighted by atomic mass is 79.9. The highest BCUT2D eigenvalue weighted by Crippen LogP contribution is 2.44. The number of halogens is 1. The minimum atomic E-state index is -0.583. The summed E-state index contributed by atoms with van der Waals surface area (Å²) in [7, 11) is 0. The van der Waals surface area contributed by atoms with Crippen LogP contribution in [-0.4, -0.2) is 29.4 Å². The molecular weight excluding hydrogens is 420 g/mol. The van der Waals surface area contributed by atoms with Gasteiger partial charge in [0.2, 0.25) is 0 Å². The fourth-order valence-corrected chi connectivity index (χ4v) is 4.02. The molecule has 0 spiro atoms. The van der Waals surface area contributed by atoms with Crippen LogP contribution in [0.25, 0.3) is 11.1 Å². The first-order valence-corrected chi connectivity index (χ1v) is 9.79. The smallest absolute Gasteiger partial charge is 0.407 e. The lowest BCUT2D eigenvalue weighted by atomic mass is 9.98. The molecule has 5 nitrogen and oxygen atoms in total. The van der Waals surface area contributed by atoms with Crippen LogP contribution in [0.3, 0.4) is 0 Å². The van der Waals surface area contributed by atoms with Crippen LogP contribution in [0, 0.1) is 0 Å². The first-order chi connectivity index (χ1) is 13.7. The second-order valence-corrected chi connectivity index (χ2v) is 7.56. The van der Waals surface area contributed by atoms with E-state index in [1.165, 1.54) is 11.1 Å². The van der Waals surface area contributed by atoms with Gasteiger partial charge >= 0.3 is 6.09 Å². The largest absolute Gasteiger partial charge is 0.449 e. The highest BCUT2D eigenvalue weighted by Gasteiger charge is 2.29. The van der Waals surface area contributed by atoms with Crippen molar-refractivity contribution >= 4 is 22.0 Å². The van der Waals surface area contributed by atoms with Crippen LogP contribution >= 0.6 is 15.9 Å². The molecule has 1 aromatic heterocycles. The first kappa shape index (κ1) is 18.7. The molecule has 1 heterocycles. The monoisotopic (exact) mass is 438 g/mol. The number of aromatic nitrogens is 1. The van der Waals surface area contributed by atoms with Crippen LogP contribution in [0.1, 0.15) is 28.7 Å². The van der Waals surface area contributed by atoms with Crippen LogP contribution in [0.4, 0.5) is 4.79 Å². The number of alkyl carbamates (subject to hydrolysis) is 1. The fraction of sp³-hybridized carbons (Fsp3) is 0.182. The van der Waals surface area contributed by atoms with Crippen molar-refractivity contribution < 1.29 is 14.6 Å². The lowest BCUT2D eigenvalue weighted by Gasteiger charge is -2.18. The third-order valence-corrected chi connectivity index (χ3v) is 5.38. The molecule has 0 fully saturated rings. The number of ether oxygens (including phenoxy) is 1. The lowest BCUT2D eigenvalue weighted by Crippen LogP contribution is -2.32.